The molecule has 0 spiro atoms. The van der Waals surface area contributed by atoms with Gasteiger partial charge in [0.15, 0.2) is 5.82 Å². The number of aromatic nitrogens is 2. The Kier molecular flexibility index (Phi) is 7.29. The number of halogens is 3. The SMILES string of the molecule is BC(B)(B)n1c(=O)nc(N2CCOCc3c(C#CC(C)(C)NC(=O)C4(C(C)(F)F)CC4)cccc32)c2c(F)cccc21. The van der Waals surface area contributed by atoms with Crippen molar-refractivity contribution in [3.05, 3.63) is 63.8 Å². The first-order chi connectivity index (χ1) is 19.6. The molecule has 1 amide bonds. The fourth-order valence-electron chi connectivity index (χ4n) is 5.48. The molecule has 2 heterocycles. The highest BCUT2D eigenvalue weighted by Gasteiger charge is 2.64. The fourth-order valence-corrected chi connectivity index (χ4v) is 5.48. The molecule has 1 aliphatic heterocycles. The molecule has 216 valence electrons. The van der Waals surface area contributed by atoms with Gasteiger partial charge in [-0.3, -0.25) is 4.79 Å². The molecule has 0 radical (unpaired) electrons. The molecule has 1 N–H and O–H groups in total. The summed E-state index contributed by atoms with van der Waals surface area (Å²) in [6.07, 6.45) is 0.268. The van der Waals surface area contributed by atoms with Gasteiger partial charge in [0.1, 0.15) is 34.8 Å². The smallest absolute Gasteiger partial charge is 0.348 e. The molecule has 3 aromatic rings. The predicted octanol–water partition coefficient (Wildman–Crippen LogP) is 1.35. The molecule has 42 heavy (non-hydrogen) atoms. The standard InChI is InChI=1S/C29H32B3F3N4O3/c1-26(2,37-24(40)28(12-13-28)27(3,34)35)11-10-17-6-4-8-20-18(17)16-42-15-14-38(20)23-22-19(33)7-5-9-21(22)39(25(41)36-23)29(30,31)32/h4-9H,12-16,30-32H2,1-3H3,(H,37,40). The third-order valence-corrected chi connectivity index (χ3v) is 7.88. The molecule has 1 aliphatic carbocycles. The van der Waals surface area contributed by atoms with E-state index >= 15 is 4.39 Å². The van der Waals surface area contributed by atoms with Gasteiger partial charge in [-0.15, -0.1) is 0 Å². The van der Waals surface area contributed by atoms with Crippen LogP contribution in [-0.2, 0) is 21.4 Å². The molecule has 2 aromatic carbocycles. The second kappa shape index (κ2) is 10.3. The zero-order valence-electron chi connectivity index (χ0n) is 24.7. The van der Waals surface area contributed by atoms with Gasteiger partial charge in [0, 0.05) is 30.3 Å². The van der Waals surface area contributed by atoms with Crippen molar-refractivity contribution in [3.63, 3.8) is 0 Å². The molecule has 13 heteroatoms. The van der Waals surface area contributed by atoms with Crippen LogP contribution in [0.5, 0.6) is 0 Å². The highest BCUT2D eigenvalue weighted by molar-refractivity contribution is 6.56. The summed E-state index contributed by atoms with van der Waals surface area (Å²) in [7, 11) is 5.59. The lowest BCUT2D eigenvalue weighted by Gasteiger charge is -2.29. The quantitative estimate of drug-likeness (QED) is 0.368. The summed E-state index contributed by atoms with van der Waals surface area (Å²) in [4.78, 5) is 32.3. The Bertz CT molecular complexity index is 1700. The molecule has 0 unspecified atom stereocenters. The largest absolute Gasteiger partial charge is 0.375 e. The van der Waals surface area contributed by atoms with Crippen LogP contribution in [0.25, 0.3) is 10.9 Å². The van der Waals surface area contributed by atoms with Crippen LogP contribution in [0.15, 0.2) is 41.2 Å². The summed E-state index contributed by atoms with van der Waals surface area (Å²) in [6, 6.07) is 10.1. The lowest BCUT2D eigenvalue weighted by atomic mass is 9.49. The van der Waals surface area contributed by atoms with Crippen molar-refractivity contribution >= 4 is 51.9 Å². The van der Waals surface area contributed by atoms with Gasteiger partial charge < -0.3 is 19.5 Å². The van der Waals surface area contributed by atoms with E-state index in [0.717, 1.165) is 6.92 Å². The van der Waals surface area contributed by atoms with Crippen LogP contribution in [0.4, 0.5) is 24.7 Å². The summed E-state index contributed by atoms with van der Waals surface area (Å²) in [6.45, 7) is 4.90. The molecule has 1 saturated carbocycles. The average Bonchev–Trinajstić information content (AvgIpc) is 3.71. The number of benzene rings is 2. The number of alkyl halides is 2. The van der Waals surface area contributed by atoms with Gasteiger partial charge in [0.25, 0.3) is 5.92 Å². The van der Waals surface area contributed by atoms with E-state index in [1.165, 1.54) is 10.6 Å². The van der Waals surface area contributed by atoms with Gasteiger partial charge in [0.05, 0.1) is 29.7 Å². The fraction of sp³-hybridized carbons (Fsp3) is 0.414. The van der Waals surface area contributed by atoms with Crippen LogP contribution in [0, 0.1) is 23.1 Å². The first-order valence-corrected chi connectivity index (χ1v) is 14.0. The highest BCUT2D eigenvalue weighted by Crippen LogP contribution is 2.57. The zero-order valence-corrected chi connectivity index (χ0v) is 24.7. The summed E-state index contributed by atoms with van der Waals surface area (Å²) in [5.41, 5.74) is -0.883. The summed E-state index contributed by atoms with van der Waals surface area (Å²) in [5.74, 6) is 1.98. The van der Waals surface area contributed by atoms with Crippen LogP contribution < -0.4 is 15.9 Å². The summed E-state index contributed by atoms with van der Waals surface area (Å²) >= 11 is 0. The van der Waals surface area contributed by atoms with E-state index in [0.29, 0.717) is 28.9 Å². The zero-order chi connectivity index (χ0) is 30.7. The lowest BCUT2D eigenvalue weighted by Crippen LogP contribution is -2.50. The third kappa shape index (κ3) is 5.33. The van der Waals surface area contributed by atoms with Crippen LogP contribution in [0.3, 0.4) is 0 Å². The maximum atomic E-state index is 15.5. The van der Waals surface area contributed by atoms with Gasteiger partial charge in [-0.1, -0.05) is 24.0 Å². The van der Waals surface area contributed by atoms with Gasteiger partial charge in [-0.2, -0.15) is 4.98 Å². The Morgan fingerprint density at radius 1 is 1.12 bits per heavy atom. The number of carbonyl (C=O) groups is 1. The topological polar surface area (TPSA) is 76.5 Å². The molecule has 0 bridgehead atoms. The van der Waals surface area contributed by atoms with Crippen molar-refractivity contribution in [1.82, 2.24) is 14.9 Å². The minimum atomic E-state index is -3.12. The molecule has 0 atom stereocenters. The lowest BCUT2D eigenvalue weighted by molar-refractivity contribution is -0.142. The number of hydrogen-bond acceptors (Lipinski definition) is 5. The number of nitrogens with zero attached hydrogens (tertiary/aromatic N) is 3. The molecular formula is C29H32B3F3N4O3. The summed E-state index contributed by atoms with van der Waals surface area (Å²) < 4.78 is 51.0. The molecule has 1 fully saturated rings. The molecule has 2 aliphatic rings. The first-order valence-electron chi connectivity index (χ1n) is 14.0. The number of rotatable bonds is 5. The van der Waals surface area contributed by atoms with E-state index in [1.54, 1.807) is 43.0 Å². The van der Waals surface area contributed by atoms with Crippen molar-refractivity contribution in [2.75, 3.05) is 18.1 Å². The predicted molar refractivity (Wildman–Crippen MR) is 164 cm³/mol. The Hall–Kier alpha value is -3.65. The van der Waals surface area contributed by atoms with Crippen LogP contribution in [0.2, 0.25) is 0 Å². The Morgan fingerprint density at radius 2 is 1.81 bits per heavy atom. The molecule has 7 nitrogen and oxygen atoms in total. The van der Waals surface area contributed by atoms with E-state index < -0.39 is 39.5 Å². The number of carbonyl (C=O) groups excluding carboxylic acids is 1. The van der Waals surface area contributed by atoms with Crippen molar-refractivity contribution in [1.29, 1.82) is 0 Å². The molecule has 1 aromatic heterocycles. The van der Waals surface area contributed by atoms with Crippen LogP contribution in [0.1, 0.15) is 44.7 Å². The Balaban J connectivity index is 1.57. The normalized spacial score (nSPS) is 16.7. The molecule has 5 rings (SSSR count). The third-order valence-electron chi connectivity index (χ3n) is 7.88. The monoisotopic (exact) mass is 574 g/mol. The minimum absolute atomic E-state index is 0.134. The maximum absolute atomic E-state index is 15.5. The molecule has 0 saturated heterocycles. The second-order valence-corrected chi connectivity index (χ2v) is 12.7. The van der Waals surface area contributed by atoms with Gasteiger partial charge in [-0.25, -0.2) is 18.0 Å². The number of nitrogens with one attached hydrogen (secondary N) is 1. The average molecular weight is 574 g/mol. The van der Waals surface area contributed by atoms with Gasteiger partial charge in [-0.05, 0) is 56.2 Å². The number of anilines is 2. The summed E-state index contributed by atoms with van der Waals surface area (Å²) in [5, 5.41) is 2.28. The van der Waals surface area contributed by atoms with Crippen molar-refractivity contribution in [3.8, 4) is 11.8 Å². The van der Waals surface area contributed by atoms with Gasteiger partial charge in [0.2, 0.25) is 5.91 Å². The van der Waals surface area contributed by atoms with E-state index in [4.69, 9.17) is 4.74 Å². The second-order valence-electron chi connectivity index (χ2n) is 12.7. The number of hydrogen-bond donors (Lipinski definition) is 1. The van der Waals surface area contributed by atoms with Crippen molar-refractivity contribution < 1.29 is 22.7 Å². The van der Waals surface area contributed by atoms with Crippen molar-refractivity contribution in [2.24, 2.45) is 5.41 Å². The minimum Gasteiger partial charge on any atom is -0.375 e. The molecular weight excluding hydrogens is 542 g/mol. The van der Waals surface area contributed by atoms with E-state index in [1.807, 2.05) is 29.6 Å². The Labute approximate surface area is 245 Å². The Morgan fingerprint density at radius 3 is 2.45 bits per heavy atom. The van der Waals surface area contributed by atoms with Gasteiger partial charge >= 0.3 is 5.69 Å². The maximum Gasteiger partial charge on any atom is 0.348 e. The van der Waals surface area contributed by atoms with E-state index in [-0.39, 0.29) is 37.3 Å². The van der Waals surface area contributed by atoms with Crippen molar-refractivity contribution in [2.45, 2.75) is 56.9 Å². The van der Waals surface area contributed by atoms with Crippen LogP contribution in [-0.4, -0.2) is 63.6 Å². The van der Waals surface area contributed by atoms with E-state index in [2.05, 4.69) is 22.1 Å². The number of amides is 1. The number of fused-ring (bicyclic) bond motifs is 2. The first kappa shape index (κ1) is 29.8. The highest BCUT2D eigenvalue weighted by atomic mass is 19.3. The number of ether oxygens (including phenoxy) is 1. The van der Waals surface area contributed by atoms with E-state index in [9.17, 15) is 18.4 Å². The van der Waals surface area contributed by atoms with Crippen LogP contribution >= 0.6 is 0 Å².